The molecule has 1 heterocycles. The van der Waals surface area contributed by atoms with Crippen molar-refractivity contribution in [2.24, 2.45) is 0 Å². The largest absolute Gasteiger partial charge is 0.333 e. The Morgan fingerprint density at radius 2 is 2.14 bits per heavy atom. The number of hydrogen-bond acceptors (Lipinski definition) is 3. The smallest absolute Gasteiger partial charge is 0.246 e. The zero-order chi connectivity index (χ0) is 16.3. The van der Waals surface area contributed by atoms with Gasteiger partial charge in [0.05, 0.1) is 11.4 Å². The molecule has 3 amide bonds. The number of carbonyl (C=O) groups excluding carboxylic acids is 3. The molecule has 6 heteroatoms. The number of nitrogens with one attached hydrogen (secondary N) is 1. The number of benzene rings is 1. The van der Waals surface area contributed by atoms with Crippen LogP contribution in [0.1, 0.15) is 13.3 Å². The number of fused-ring (bicyclic) bond motifs is 1. The molecule has 0 aromatic heterocycles. The van der Waals surface area contributed by atoms with Gasteiger partial charge in [0, 0.05) is 19.5 Å². The second-order valence-corrected chi connectivity index (χ2v) is 5.28. The highest BCUT2D eigenvalue weighted by molar-refractivity contribution is 6.05. The van der Waals surface area contributed by atoms with Crippen LogP contribution in [0.25, 0.3) is 0 Å². The van der Waals surface area contributed by atoms with Gasteiger partial charge in [0.15, 0.2) is 0 Å². The number of rotatable bonds is 3. The lowest BCUT2D eigenvalue weighted by molar-refractivity contribution is -0.130. The highest BCUT2D eigenvalue weighted by Crippen LogP contribution is 2.31. The van der Waals surface area contributed by atoms with E-state index in [0.717, 1.165) is 6.08 Å². The average Bonchev–Trinajstić information content (AvgIpc) is 2.60. The molecular formula is C16H19N3O3. The quantitative estimate of drug-likeness (QED) is 0.858. The normalized spacial score (nSPS) is 17.1. The fourth-order valence-electron chi connectivity index (χ4n) is 2.48. The summed E-state index contributed by atoms with van der Waals surface area (Å²) in [6.45, 7) is 5.15. The molecule has 0 bridgehead atoms. The van der Waals surface area contributed by atoms with Crippen LogP contribution in [0.5, 0.6) is 0 Å². The lowest BCUT2D eigenvalue weighted by Gasteiger charge is -2.29. The molecule has 0 spiro atoms. The number of carbonyl (C=O) groups is 3. The average molecular weight is 301 g/mol. The van der Waals surface area contributed by atoms with E-state index in [9.17, 15) is 14.4 Å². The van der Waals surface area contributed by atoms with Gasteiger partial charge in [-0.3, -0.25) is 14.4 Å². The molecule has 1 aliphatic rings. The number of amides is 3. The van der Waals surface area contributed by atoms with Gasteiger partial charge in [-0.1, -0.05) is 18.7 Å². The molecule has 1 N–H and O–H groups in total. The summed E-state index contributed by atoms with van der Waals surface area (Å²) in [5.41, 5.74) is 1.24. The highest BCUT2D eigenvalue weighted by Gasteiger charge is 2.30. The molecule has 0 radical (unpaired) electrons. The first kappa shape index (κ1) is 15.8. The Hall–Kier alpha value is -2.63. The van der Waals surface area contributed by atoms with Crippen molar-refractivity contribution < 1.29 is 14.4 Å². The van der Waals surface area contributed by atoms with E-state index in [4.69, 9.17) is 0 Å². The van der Waals surface area contributed by atoms with Crippen molar-refractivity contribution in [1.82, 2.24) is 4.90 Å². The Morgan fingerprint density at radius 1 is 1.45 bits per heavy atom. The SMILES string of the molecule is C=CC(=O)N(C)CC(=O)N1c2ccccc2NC(=O)CC1C. The predicted molar refractivity (Wildman–Crippen MR) is 84.5 cm³/mol. The summed E-state index contributed by atoms with van der Waals surface area (Å²) < 4.78 is 0. The molecule has 1 aliphatic heterocycles. The van der Waals surface area contributed by atoms with Crippen molar-refractivity contribution in [2.75, 3.05) is 23.8 Å². The molecule has 0 saturated heterocycles. The van der Waals surface area contributed by atoms with Crippen LogP contribution in [0, 0.1) is 0 Å². The van der Waals surface area contributed by atoms with Crippen LogP contribution in [0.3, 0.4) is 0 Å². The molecule has 0 aliphatic carbocycles. The van der Waals surface area contributed by atoms with Crippen LogP contribution in [0.2, 0.25) is 0 Å². The standard InChI is InChI=1S/C16H19N3O3/c1-4-15(21)18(3)10-16(22)19-11(2)9-14(20)17-12-7-5-6-8-13(12)19/h4-8,11H,1,9-10H2,2-3H3,(H,17,20). The zero-order valence-corrected chi connectivity index (χ0v) is 12.7. The van der Waals surface area contributed by atoms with Gasteiger partial charge < -0.3 is 15.1 Å². The van der Waals surface area contributed by atoms with Crippen molar-refractivity contribution in [2.45, 2.75) is 19.4 Å². The molecule has 2 rings (SSSR count). The number of para-hydroxylation sites is 2. The van der Waals surface area contributed by atoms with Gasteiger partial charge in [-0.2, -0.15) is 0 Å². The van der Waals surface area contributed by atoms with Gasteiger partial charge in [0.1, 0.15) is 6.54 Å². The summed E-state index contributed by atoms with van der Waals surface area (Å²) in [6.07, 6.45) is 1.37. The lowest BCUT2D eigenvalue weighted by atomic mass is 10.1. The highest BCUT2D eigenvalue weighted by atomic mass is 16.2. The fraction of sp³-hybridized carbons (Fsp3) is 0.312. The molecule has 1 unspecified atom stereocenters. The lowest BCUT2D eigenvalue weighted by Crippen LogP contribution is -2.45. The van der Waals surface area contributed by atoms with E-state index >= 15 is 0 Å². The number of anilines is 2. The summed E-state index contributed by atoms with van der Waals surface area (Å²) >= 11 is 0. The van der Waals surface area contributed by atoms with Crippen LogP contribution in [0.15, 0.2) is 36.9 Å². The van der Waals surface area contributed by atoms with Crippen molar-refractivity contribution in [3.8, 4) is 0 Å². The molecule has 1 aromatic rings. The van der Waals surface area contributed by atoms with E-state index in [1.165, 1.54) is 4.90 Å². The first-order chi connectivity index (χ1) is 10.4. The molecule has 0 saturated carbocycles. The van der Waals surface area contributed by atoms with Gasteiger partial charge in [0.2, 0.25) is 17.7 Å². The van der Waals surface area contributed by atoms with Gasteiger partial charge in [-0.25, -0.2) is 0 Å². The van der Waals surface area contributed by atoms with Gasteiger partial charge >= 0.3 is 0 Å². The van der Waals surface area contributed by atoms with E-state index in [0.29, 0.717) is 11.4 Å². The first-order valence-corrected chi connectivity index (χ1v) is 7.02. The van der Waals surface area contributed by atoms with Crippen LogP contribution in [-0.2, 0) is 14.4 Å². The molecular weight excluding hydrogens is 282 g/mol. The summed E-state index contributed by atoms with van der Waals surface area (Å²) in [5, 5.41) is 2.80. The predicted octanol–water partition coefficient (Wildman–Crippen LogP) is 1.39. The van der Waals surface area contributed by atoms with E-state index in [2.05, 4.69) is 11.9 Å². The third-order valence-electron chi connectivity index (χ3n) is 3.55. The maximum atomic E-state index is 12.6. The van der Waals surface area contributed by atoms with Crippen LogP contribution >= 0.6 is 0 Å². The van der Waals surface area contributed by atoms with Crippen molar-refractivity contribution in [3.05, 3.63) is 36.9 Å². The van der Waals surface area contributed by atoms with Crippen molar-refractivity contribution in [3.63, 3.8) is 0 Å². The van der Waals surface area contributed by atoms with Crippen LogP contribution in [-0.4, -0.2) is 42.3 Å². The Balaban J connectivity index is 2.31. The van der Waals surface area contributed by atoms with E-state index in [-0.39, 0.29) is 36.7 Å². The molecule has 0 fully saturated rings. The van der Waals surface area contributed by atoms with Crippen LogP contribution in [0.4, 0.5) is 11.4 Å². The van der Waals surface area contributed by atoms with Gasteiger partial charge in [-0.15, -0.1) is 0 Å². The minimum Gasteiger partial charge on any atom is -0.333 e. The zero-order valence-electron chi connectivity index (χ0n) is 12.7. The first-order valence-electron chi connectivity index (χ1n) is 7.02. The Morgan fingerprint density at radius 3 is 2.82 bits per heavy atom. The molecule has 6 nitrogen and oxygen atoms in total. The van der Waals surface area contributed by atoms with Crippen LogP contribution < -0.4 is 10.2 Å². The maximum absolute atomic E-state index is 12.6. The summed E-state index contributed by atoms with van der Waals surface area (Å²) in [4.78, 5) is 38.9. The number of hydrogen-bond donors (Lipinski definition) is 1. The van der Waals surface area contributed by atoms with E-state index < -0.39 is 0 Å². The Kier molecular flexibility index (Phi) is 4.60. The minimum atomic E-state index is -0.321. The third kappa shape index (κ3) is 3.16. The molecule has 116 valence electrons. The van der Waals surface area contributed by atoms with E-state index in [1.54, 1.807) is 30.1 Å². The second-order valence-electron chi connectivity index (χ2n) is 5.28. The Bertz CT molecular complexity index is 627. The maximum Gasteiger partial charge on any atom is 0.246 e. The summed E-state index contributed by atoms with van der Waals surface area (Å²) in [5.74, 6) is -0.696. The topological polar surface area (TPSA) is 69.7 Å². The number of likely N-dealkylation sites (N-methyl/N-ethyl adjacent to an activating group) is 1. The summed E-state index contributed by atoms with van der Waals surface area (Å²) in [7, 11) is 1.54. The Labute approximate surface area is 129 Å². The third-order valence-corrected chi connectivity index (χ3v) is 3.55. The van der Waals surface area contributed by atoms with Gasteiger partial charge in [-0.05, 0) is 25.1 Å². The van der Waals surface area contributed by atoms with Crippen molar-refractivity contribution in [1.29, 1.82) is 0 Å². The monoisotopic (exact) mass is 301 g/mol. The molecule has 1 atom stereocenters. The number of nitrogens with zero attached hydrogens (tertiary/aromatic N) is 2. The molecule has 1 aromatic carbocycles. The van der Waals surface area contributed by atoms with E-state index in [1.807, 2.05) is 13.0 Å². The second kappa shape index (κ2) is 6.43. The van der Waals surface area contributed by atoms with Crippen molar-refractivity contribution >= 4 is 29.1 Å². The summed E-state index contributed by atoms with van der Waals surface area (Å²) in [6, 6.07) is 6.85. The minimum absolute atomic E-state index is 0.0717. The van der Waals surface area contributed by atoms with Gasteiger partial charge in [0.25, 0.3) is 0 Å². The fourth-order valence-corrected chi connectivity index (χ4v) is 2.48. The molecule has 22 heavy (non-hydrogen) atoms.